The van der Waals surface area contributed by atoms with Crippen LogP contribution in [0, 0.1) is 6.92 Å². The van der Waals surface area contributed by atoms with E-state index in [0.717, 1.165) is 32.7 Å². The van der Waals surface area contributed by atoms with Gasteiger partial charge in [0.2, 0.25) is 0 Å². The SMILES string of the molecule is COc1ccc(Br)cc1COc1c(C)cccc1CCl. The molecule has 0 fully saturated rings. The van der Waals surface area contributed by atoms with E-state index >= 15 is 0 Å². The van der Waals surface area contributed by atoms with Crippen molar-refractivity contribution in [3.05, 3.63) is 57.6 Å². The summed E-state index contributed by atoms with van der Waals surface area (Å²) in [6, 6.07) is 11.8. The van der Waals surface area contributed by atoms with Gasteiger partial charge in [-0.05, 0) is 30.7 Å². The van der Waals surface area contributed by atoms with Crippen LogP contribution in [0.4, 0.5) is 0 Å². The second-order valence-corrected chi connectivity index (χ2v) is 5.62. The summed E-state index contributed by atoms with van der Waals surface area (Å²) in [4.78, 5) is 0. The Morgan fingerprint density at radius 3 is 2.65 bits per heavy atom. The molecule has 0 aliphatic heterocycles. The molecule has 0 unspecified atom stereocenters. The first kappa shape index (κ1) is 15.2. The largest absolute Gasteiger partial charge is 0.496 e. The van der Waals surface area contributed by atoms with E-state index in [1.807, 2.05) is 43.3 Å². The molecule has 0 N–H and O–H groups in total. The van der Waals surface area contributed by atoms with Gasteiger partial charge in [0.25, 0.3) is 0 Å². The summed E-state index contributed by atoms with van der Waals surface area (Å²) in [5.74, 6) is 2.10. The maximum Gasteiger partial charge on any atom is 0.127 e. The van der Waals surface area contributed by atoms with Crippen LogP contribution in [0.1, 0.15) is 16.7 Å². The molecule has 20 heavy (non-hydrogen) atoms. The van der Waals surface area contributed by atoms with Crippen LogP contribution in [0.25, 0.3) is 0 Å². The molecule has 106 valence electrons. The molecule has 2 aromatic rings. The first-order valence-electron chi connectivity index (χ1n) is 6.25. The van der Waals surface area contributed by atoms with Crippen LogP contribution in [0.3, 0.4) is 0 Å². The fourth-order valence-electron chi connectivity index (χ4n) is 2.03. The molecule has 0 heterocycles. The van der Waals surface area contributed by atoms with Gasteiger partial charge in [0.05, 0.1) is 13.0 Å². The highest BCUT2D eigenvalue weighted by Crippen LogP contribution is 2.28. The zero-order valence-electron chi connectivity index (χ0n) is 11.5. The van der Waals surface area contributed by atoms with Gasteiger partial charge in [-0.1, -0.05) is 34.1 Å². The van der Waals surface area contributed by atoms with Crippen molar-refractivity contribution < 1.29 is 9.47 Å². The number of halogens is 2. The Bertz CT molecular complexity index is 599. The molecular formula is C16H16BrClO2. The molecule has 0 radical (unpaired) electrons. The highest BCUT2D eigenvalue weighted by molar-refractivity contribution is 9.10. The zero-order valence-corrected chi connectivity index (χ0v) is 13.8. The Morgan fingerprint density at radius 1 is 1.15 bits per heavy atom. The minimum absolute atomic E-state index is 0.437. The standard InChI is InChI=1S/C16H16BrClO2/c1-11-4-3-5-12(9-18)16(11)20-10-13-8-14(17)6-7-15(13)19-2/h3-8H,9-10H2,1-2H3. The van der Waals surface area contributed by atoms with E-state index in [4.69, 9.17) is 21.1 Å². The zero-order chi connectivity index (χ0) is 14.5. The third kappa shape index (κ3) is 3.47. The minimum Gasteiger partial charge on any atom is -0.496 e. The van der Waals surface area contributed by atoms with Crippen LogP contribution in [-0.4, -0.2) is 7.11 Å². The van der Waals surface area contributed by atoms with Crippen molar-refractivity contribution in [1.82, 2.24) is 0 Å². The van der Waals surface area contributed by atoms with Crippen LogP contribution in [0.15, 0.2) is 40.9 Å². The van der Waals surface area contributed by atoms with Crippen molar-refractivity contribution in [3.8, 4) is 11.5 Å². The highest BCUT2D eigenvalue weighted by Gasteiger charge is 2.09. The third-order valence-corrected chi connectivity index (χ3v) is 3.83. The topological polar surface area (TPSA) is 18.5 Å². The van der Waals surface area contributed by atoms with E-state index in [1.165, 1.54) is 0 Å². The number of para-hydroxylation sites is 1. The molecular weight excluding hydrogens is 340 g/mol. The van der Waals surface area contributed by atoms with Crippen molar-refractivity contribution in [1.29, 1.82) is 0 Å². The molecule has 2 nitrogen and oxygen atoms in total. The lowest BCUT2D eigenvalue weighted by atomic mass is 10.1. The van der Waals surface area contributed by atoms with Gasteiger partial charge in [-0.3, -0.25) is 0 Å². The van der Waals surface area contributed by atoms with Crippen molar-refractivity contribution in [2.45, 2.75) is 19.4 Å². The normalized spacial score (nSPS) is 10.4. The lowest BCUT2D eigenvalue weighted by Gasteiger charge is -2.14. The van der Waals surface area contributed by atoms with E-state index < -0.39 is 0 Å². The van der Waals surface area contributed by atoms with E-state index in [1.54, 1.807) is 7.11 Å². The Labute approximate surface area is 132 Å². The van der Waals surface area contributed by atoms with E-state index in [9.17, 15) is 0 Å². The lowest BCUT2D eigenvalue weighted by Crippen LogP contribution is -2.02. The number of hydrogen-bond donors (Lipinski definition) is 0. The van der Waals surface area contributed by atoms with Crippen LogP contribution in [-0.2, 0) is 12.5 Å². The maximum absolute atomic E-state index is 5.96. The summed E-state index contributed by atoms with van der Waals surface area (Å²) in [5.41, 5.74) is 3.07. The lowest BCUT2D eigenvalue weighted by molar-refractivity contribution is 0.292. The van der Waals surface area contributed by atoms with Crippen molar-refractivity contribution >= 4 is 27.5 Å². The van der Waals surface area contributed by atoms with Crippen LogP contribution in [0.2, 0.25) is 0 Å². The Balaban J connectivity index is 2.23. The van der Waals surface area contributed by atoms with Gasteiger partial charge >= 0.3 is 0 Å². The molecule has 0 atom stereocenters. The second kappa shape index (κ2) is 7.00. The van der Waals surface area contributed by atoms with E-state index in [2.05, 4.69) is 15.9 Å². The molecule has 0 aliphatic rings. The number of ether oxygens (including phenoxy) is 2. The maximum atomic E-state index is 5.96. The van der Waals surface area contributed by atoms with Gasteiger partial charge in [0.1, 0.15) is 18.1 Å². The first-order valence-corrected chi connectivity index (χ1v) is 7.58. The summed E-state index contributed by atoms with van der Waals surface area (Å²) in [5, 5.41) is 0. The summed E-state index contributed by atoms with van der Waals surface area (Å²) in [6.45, 7) is 2.46. The monoisotopic (exact) mass is 354 g/mol. The average molecular weight is 356 g/mol. The Hall–Kier alpha value is -1.19. The van der Waals surface area contributed by atoms with E-state index in [-0.39, 0.29) is 0 Å². The Kier molecular flexibility index (Phi) is 5.32. The summed E-state index contributed by atoms with van der Waals surface area (Å²) in [6.07, 6.45) is 0. The number of aryl methyl sites for hydroxylation is 1. The van der Waals surface area contributed by atoms with Crippen molar-refractivity contribution in [2.75, 3.05) is 7.11 Å². The molecule has 0 bridgehead atoms. The smallest absolute Gasteiger partial charge is 0.127 e. The van der Waals surface area contributed by atoms with Crippen LogP contribution < -0.4 is 9.47 Å². The fourth-order valence-corrected chi connectivity index (χ4v) is 2.65. The second-order valence-electron chi connectivity index (χ2n) is 4.44. The Morgan fingerprint density at radius 2 is 1.95 bits per heavy atom. The average Bonchev–Trinajstić information content (AvgIpc) is 2.46. The first-order chi connectivity index (χ1) is 9.65. The number of hydrogen-bond acceptors (Lipinski definition) is 2. The fraction of sp³-hybridized carbons (Fsp3) is 0.250. The van der Waals surface area contributed by atoms with Gasteiger partial charge in [-0.15, -0.1) is 11.6 Å². The van der Waals surface area contributed by atoms with Gasteiger partial charge in [0, 0.05) is 15.6 Å². The van der Waals surface area contributed by atoms with Crippen molar-refractivity contribution in [3.63, 3.8) is 0 Å². The molecule has 0 saturated heterocycles. The molecule has 2 rings (SSSR count). The third-order valence-electron chi connectivity index (χ3n) is 3.05. The molecule has 0 aromatic heterocycles. The molecule has 0 spiro atoms. The van der Waals surface area contributed by atoms with Crippen LogP contribution >= 0.6 is 27.5 Å². The van der Waals surface area contributed by atoms with Crippen molar-refractivity contribution in [2.24, 2.45) is 0 Å². The molecule has 2 aromatic carbocycles. The summed E-state index contributed by atoms with van der Waals surface area (Å²) in [7, 11) is 1.66. The number of benzene rings is 2. The van der Waals surface area contributed by atoms with Gasteiger partial charge in [-0.2, -0.15) is 0 Å². The van der Waals surface area contributed by atoms with Gasteiger partial charge in [-0.25, -0.2) is 0 Å². The molecule has 0 amide bonds. The highest BCUT2D eigenvalue weighted by atomic mass is 79.9. The summed E-state index contributed by atoms with van der Waals surface area (Å²) < 4.78 is 12.3. The molecule has 0 saturated carbocycles. The molecule has 4 heteroatoms. The van der Waals surface area contributed by atoms with E-state index in [0.29, 0.717) is 12.5 Å². The van der Waals surface area contributed by atoms with Gasteiger partial charge < -0.3 is 9.47 Å². The molecule has 0 aliphatic carbocycles. The predicted octanol–water partition coefficient (Wildman–Crippen LogP) is 5.08. The predicted molar refractivity (Wildman–Crippen MR) is 85.8 cm³/mol. The van der Waals surface area contributed by atoms with Gasteiger partial charge in [0.15, 0.2) is 0 Å². The number of alkyl halides is 1. The van der Waals surface area contributed by atoms with Crippen LogP contribution in [0.5, 0.6) is 11.5 Å². The number of rotatable bonds is 5. The number of methoxy groups -OCH3 is 1. The minimum atomic E-state index is 0.437. The quantitative estimate of drug-likeness (QED) is 0.696. The summed E-state index contributed by atoms with van der Waals surface area (Å²) >= 11 is 9.42.